The van der Waals surface area contributed by atoms with E-state index < -0.39 is 5.91 Å². The minimum Gasteiger partial charge on any atom is -0.494 e. The van der Waals surface area contributed by atoms with Crippen LogP contribution in [0.25, 0.3) is 11.1 Å². The molecule has 12 nitrogen and oxygen atoms in total. The number of anilines is 3. The van der Waals surface area contributed by atoms with Crippen molar-refractivity contribution in [2.45, 2.75) is 32.2 Å². The smallest absolute Gasteiger partial charge is 0.273 e. The van der Waals surface area contributed by atoms with E-state index >= 15 is 0 Å². The quantitative estimate of drug-likeness (QED) is 0.212. The van der Waals surface area contributed by atoms with Crippen LogP contribution in [0.3, 0.4) is 0 Å². The number of aromatic nitrogens is 4. The second-order valence-corrected chi connectivity index (χ2v) is 11.1. The van der Waals surface area contributed by atoms with E-state index in [4.69, 9.17) is 14.5 Å². The maximum Gasteiger partial charge on any atom is 0.273 e. The van der Waals surface area contributed by atoms with Gasteiger partial charge in [-0.25, -0.2) is 4.98 Å². The summed E-state index contributed by atoms with van der Waals surface area (Å²) in [6.45, 7) is 5.14. The average Bonchev–Trinajstić information content (AvgIpc) is 3.89. The van der Waals surface area contributed by atoms with Gasteiger partial charge in [0.05, 0.1) is 30.8 Å². The number of carbonyl (C=O) groups is 2. The molecule has 2 amide bonds. The zero-order chi connectivity index (χ0) is 31.3. The highest BCUT2D eigenvalue weighted by Crippen LogP contribution is 2.39. The summed E-state index contributed by atoms with van der Waals surface area (Å²) in [7, 11) is 3.12. The largest absolute Gasteiger partial charge is 0.494 e. The molecule has 3 N–H and O–H groups in total. The second-order valence-electron chi connectivity index (χ2n) is 11.1. The Labute approximate surface area is 261 Å². The summed E-state index contributed by atoms with van der Waals surface area (Å²) >= 11 is 0. The van der Waals surface area contributed by atoms with Crippen molar-refractivity contribution in [2.24, 2.45) is 5.92 Å². The molecule has 1 aromatic carbocycles. The molecule has 0 radical (unpaired) electrons. The average molecular weight is 609 g/mol. The van der Waals surface area contributed by atoms with Gasteiger partial charge in [0.15, 0.2) is 11.5 Å². The van der Waals surface area contributed by atoms with Crippen LogP contribution < -0.4 is 25.4 Å². The fraction of sp³-hybridized carbons (Fsp3) is 0.333. The van der Waals surface area contributed by atoms with Gasteiger partial charge in [-0.15, -0.1) is 10.2 Å². The minimum atomic E-state index is -0.412. The predicted octanol–water partition coefficient (Wildman–Crippen LogP) is 4.39. The van der Waals surface area contributed by atoms with Crippen LogP contribution >= 0.6 is 0 Å². The predicted molar refractivity (Wildman–Crippen MR) is 170 cm³/mol. The SMILES string of the molecule is CCOc1cccc(CN2CC(c3ccc(-c4cccc(Nc5cc(NC(=O)C6CC6)nnc5C(=O)NC)c4OC)cn3)C2)n1. The molecule has 0 bridgehead atoms. The van der Waals surface area contributed by atoms with Gasteiger partial charge in [0.25, 0.3) is 5.91 Å². The highest BCUT2D eigenvalue weighted by Gasteiger charge is 2.31. The number of ether oxygens (including phenoxy) is 2. The third kappa shape index (κ3) is 6.86. The fourth-order valence-electron chi connectivity index (χ4n) is 5.33. The minimum absolute atomic E-state index is 0.00260. The first-order valence-corrected chi connectivity index (χ1v) is 15.1. The number of nitrogens with one attached hydrogen (secondary N) is 3. The third-order valence-electron chi connectivity index (χ3n) is 7.86. The molecule has 1 aliphatic heterocycles. The Morgan fingerprint density at radius 2 is 1.84 bits per heavy atom. The van der Waals surface area contributed by atoms with Crippen LogP contribution in [0.15, 0.2) is 60.8 Å². The Morgan fingerprint density at radius 1 is 1.02 bits per heavy atom. The number of amides is 2. The highest BCUT2D eigenvalue weighted by atomic mass is 16.5. The van der Waals surface area contributed by atoms with Crippen molar-refractivity contribution in [3.8, 4) is 22.8 Å². The lowest BCUT2D eigenvalue weighted by atomic mass is 9.94. The Bertz CT molecular complexity index is 1690. The van der Waals surface area contributed by atoms with Crippen molar-refractivity contribution in [1.29, 1.82) is 0 Å². The van der Waals surface area contributed by atoms with Crippen LogP contribution in [0.1, 0.15) is 47.6 Å². The molecule has 0 unspecified atom stereocenters. The van der Waals surface area contributed by atoms with Crippen LogP contribution in [-0.4, -0.2) is 70.7 Å². The van der Waals surface area contributed by atoms with E-state index in [-0.39, 0.29) is 23.3 Å². The molecular weight excluding hydrogens is 572 g/mol. The number of benzene rings is 1. The summed E-state index contributed by atoms with van der Waals surface area (Å²) in [5, 5.41) is 16.8. The molecule has 3 aromatic heterocycles. The van der Waals surface area contributed by atoms with Gasteiger partial charge in [-0.3, -0.25) is 19.5 Å². The van der Waals surface area contributed by atoms with Crippen LogP contribution in [0.2, 0.25) is 0 Å². The second kappa shape index (κ2) is 13.3. The Balaban J connectivity index is 1.16. The molecule has 4 aromatic rings. The van der Waals surface area contributed by atoms with Gasteiger partial charge >= 0.3 is 0 Å². The van der Waals surface area contributed by atoms with E-state index in [0.717, 1.165) is 55.0 Å². The molecule has 2 fully saturated rings. The fourth-order valence-corrected chi connectivity index (χ4v) is 5.33. The van der Waals surface area contributed by atoms with E-state index in [2.05, 4.69) is 48.2 Å². The number of hydrogen-bond acceptors (Lipinski definition) is 10. The topological polar surface area (TPSA) is 143 Å². The first-order valence-electron chi connectivity index (χ1n) is 15.1. The van der Waals surface area contributed by atoms with Crippen LogP contribution in [0.5, 0.6) is 11.6 Å². The summed E-state index contributed by atoms with van der Waals surface area (Å²) in [5.41, 5.74) is 4.85. The molecule has 1 aliphatic carbocycles. The van der Waals surface area contributed by atoms with Gasteiger partial charge in [-0.1, -0.05) is 24.3 Å². The number of para-hydroxylation sites is 1. The van der Waals surface area contributed by atoms with E-state index in [1.165, 1.54) is 7.05 Å². The highest BCUT2D eigenvalue weighted by molar-refractivity contribution is 6.00. The molecule has 0 spiro atoms. The molecule has 45 heavy (non-hydrogen) atoms. The monoisotopic (exact) mass is 608 g/mol. The lowest BCUT2D eigenvalue weighted by molar-refractivity contribution is -0.117. The van der Waals surface area contributed by atoms with Crippen LogP contribution in [0, 0.1) is 5.92 Å². The van der Waals surface area contributed by atoms with Crippen molar-refractivity contribution in [3.05, 3.63) is 77.9 Å². The van der Waals surface area contributed by atoms with Gasteiger partial charge in [-0.2, -0.15) is 0 Å². The van der Waals surface area contributed by atoms with Crippen molar-refractivity contribution in [3.63, 3.8) is 0 Å². The van der Waals surface area contributed by atoms with Gasteiger partial charge in [0, 0.05) is 73.7 Å². The Morgan fingerprint density at radius 3 is 2.56 bits per heavy atom. The first-order chi connectivity index (χ1) is 21.9. The van der Waals surface area contributed by atoms with Gasteiger partial charge in [-0.05, 0) is 38.0 Å². The van der Waals surface area contributed by atoms with E-state index in [1.807, 2.05) is 49.5 Å². The molecule has 232 valence electrons. The third-order valence-corrected chi connectivity index (χ3v) is 7.86. The lowest BCUT2D eigenvalue weighted by Gasteiger charge is -2.38. The summed E-state index contributed by atoms with van der Waals surface area (Å²) in [6, 6.07) is 17.3. The van der Waals surface area contributed by atoms with Crippen molar-refractivity contribution in [2.75, 3.05) is 44.5 Å². The molecule has 4 heterocycles. The Kier molecular flexibility index (Phi) is 8.83. The van der Waals surface area contributed by atoms with Crippen molar-refractivity contribution >= 4 is 29.0 Å². The number of likely N-dealkylation sites (tertiary alicyclic amines) is 1. The first kappa shape index (κ1) is 29.9. The van der Waals surface area contributed by atoms with Gasteiger partial charge in [0.1, 0.15) is 5.75 Å². The normalized spacial score (nSPS) is 14.7. The molecule has 1 saturated heterocycles. The van der Waals surface area contributed by atoms with E-state index in [9.17, 15) is 9.59 Å². The van der Waals surface area contributed by atoms with Crippen molar-refractivity contribution in [1.82, 2.24) is 30.4 Å². The number of hydrogen-bond donors (Lipinski definition) is 3. The summed E-state index contributed by atoms with van der Waals surface area (Å²) in [5.74, 6) is 1.34. The maximum atomic E-state index is 12.6. The molecule has 6 rings (SSSR count). The molecule has 2 aliphatic rings. The van der Waals surface area contributed by atoms with E-state index in [0.29, 0.717) is 35.5 Å². The Hall–Kier alpha value is -5.10. The molecule has 0 atom stereocenters. The number of methoxy groups -OCH3 is 1. The number of carbonyl (C=O) groups excluding carboxylic acids is 2. The number of nitrogens with zero attached hydrogens (tertiary/aromatic N) is 5. The zero-order valence-electron chi connectivity index (χ0n) is 25.5. The summed E-state index contributed by atoms with van der Waals surface area (Å²) < 4.78 is 11.4. The molecule has 1 saturated carbocycles. The lowest BCUT2D eigenvalue weighted by Crippen LogP contribution is -2.44. The van der Waals surface area contributed by atoms with Crippen LogP contribution in [-0.2, 0) is 11.3 Å². The van der Waals surface area contributed by atoms with Gasteiger partial charge in [0.2, 0.25) is 11.8 Å². The van der Waals surface area contributed by atoms with Crippen molar-refractivity contribution < 1.29 is 19.1 Å². The number of rotatable bonds is 12. The zero-order valence-corrected chi connectivity index (χ0v) is 25.5. The molecule has 12 heteroatoms. The summed E-state index contributed by atoms with van der Waals surface area (Å²) in [6.07, 6.45) is 3.59. The van der Waals surface area contributed by atoms with Gasteiger partial charge < -0.3 is 25.4 Å². The van der Waals surface area contributed by atoms with E-state index in [1.54, 1.807) is 13.2 Å². The number of pyridine rings is 2. The summed E-state index contributed by atoms with van der Waals surface area (Å²) in [4.78, 5) is 36.6. The standard InChI is InChI=1S/C33H36N8O4/c1-4-45-29-10-5-7-23(36-29)19-41-17-22(18-41)25-14-13-21(16-35-25)24-8-6-9-26(31(24)44-3)37-27-15-28(38-32(42)20-11-12-20)39-40-30(27)33(43)34-2/h5-10,13-16,20,22H,4,11-12,17-19H2,1-3H3,(H,34,43)(H2,37,38,39,42). The maximum absolute atomic E-state index is 12.6. The van der Waals surface area contributed by atoms with Crippen LogP contribution in [0.4, 0.5) is 17.2 Å². The molecular formula is C33H36N8O4.